The van der Waals surface area contributed by atoms with E-state index in [9.17, 15) is 4.79 Å². The first-order chi connectivity index (χ1) is 15.1. The van der Waals surface area contributed by atoms with E-state index in [4.69, 9.17) is 4.74 Å². The highest BCUT2D eigenvalue weighted by atomic mass is 79.9. The Kier molecular flexibility index (Phi) is 5.39. The van der Waals surface area contributed by atoms with E-state index in [1.807, 2.05) is 30.0 Å². The van der Waals surface area contributed by atoms with Gasteiger partial charge in [0.25, 0.3) is 5.78 Å². The van der Waals surface area contributed by atoms with Gasteiger partial charge >= 0.3 is 0 Å². The molecule has 0 spiro atoms. The van der Waals surface area contributed by atoms with Gasteiger partial charge in [-0.1, -0.05) is 28.1 Å². The average Bonchev–Trinajstić information content (AvgIpc) is 3.27. The van der Waals surface area contributed by atoms with Crippen molar-refractivity contribution in [1.29, 1.82) is 0 Å². The van der Waals surface area contributed by atoms with Gasteiger partial charge in [-0.3, -0.25) is 4.79 Å². The van der Waals surface area contributed by atoms with Gasteiger partial charge in [0.2, 0.25) is 5.91 Å². The van der Waals surface area contributed by atoms with Crippen LogP contribution in [-0.4, -0.2) is 69.8 Å². The van der Waals surface area contributed by atoms with Crippen molar-refractivity contribution in [3.63, 3.8) is 0 Å². The summed E-state index contributed by atoms with van der Waals surface area (Å²) in [6, 6.07) is 10.2. The van der Waals surface area contributed by atoms with Crippen LogP contribution in [0.5, 0.6) is 0 Å². The number of anilines is 1. The van der Waals surface area contributed by atoms with Crippen molar-refractivity contribution in [2.24, 2.45) is 0 Å². The third-order valence-corrected chi connectivity index (χ3v) is 6.93. The van der Waals surface area contributed by atoms with Crippen LogP contribution in [0.4, 0.5) is 5.82 Å². The third-order valence-electron chi connectivity index (χ3n) is 6.40. The summed E-state index contributed by atoms with van der Waals surface area (Å²) < 4.78 is 8.41. The second-order valence-corrected chi connectivity index (χ2v) is 9.12. The smallest absolute Gasteiger partial charge is 0.254 e. The quantitative estimate of drug-likeness (QED) is 0.568. The Bertz CT molecular complexity index is 1090. The SMILES string of the molecule is Cc1cc(N2CCN(C(=O)C3(c4ccc(Br)cc4)CCOCC3)CC2)n2ncnc2n1. The van der Waals surface area contributed by atoms with Gasteiger partial charge in [-0.15, -0.1) is 0 Å². The minimum absolute atomic E-state index is 0.217. The zero-order valence-corrected chi connectivity index (χ0v) is 19.1. The van der Waals surface area contributed by atoms with Gasteiger partial charge in [-0.05, 0) is 37.5 Å². The van der Waals surface area contributed by atoms with Gasteiger partial charge in [0.1, 0.15) is 12.1 Å². The summed E-state index contributed by atoms with van der Waals surface area (Å²) in [5.41, 5.74) is 1.49. The number of hydrogen-bond acceptors (Lipinski definition) is 6. The number of carbonyl (C=O) groups excluding carboxylic acids is 1. The number of fused-ring (bicyclic) bond motifs is 1. The zero-order chi connectivity index (χ0) is 21.4. The fraction of sp³-hybridized carbons (Fsp3) is 0.455. The summed E-state index contributed by atoms with van der Waals surface area (Å²) in [5, 5.41) is 4.32. The molecule has 0 aliphatic carbocycles. The van der Waals surface area contributed by atoms with E-state index in [-0.39, 0.29) is 5.91 Å². The second-order valence-electron chi connectivity index (χ2n) is 8.21. The molecule has 0 bridgehead atoms. The molecule has 0 atom stereocenters. The van der Waals surface area contributed by atoms with Crippen molar-refractivity contribution in [2.45, 2.75) is 25.2 Å². The Morgan fingerprint density at radius 2 is 1.81 bits per heavy atom. The first-order valence-corrected chi connectivity index (χ1v) is 11.4. The van der Waals surface area contributed by atoms with Crippen LogP contribution in [0.25, 0.3) is 5.78 Å². The van der Waals surface area contributed by atoms with Crippen molar-refractivity contribution in [1.82, 2.24) is 24.5 Å². The van der Waals surface area contributed by atoms with E-state index in [1.165, 1.54) is 6.33 Å². The van der Waals surface area contributed by atoms with Crippen molar-refractivity contribution in [2.75, 3.05) is 44.3 Å². The number of halogens is 1. The molecule has 8 nitrogen and oxygen atoms in total. The molecule has 162 valence electrons. The van der Waals surface area contributed by atoms with Gasteiger partial charge in [-0.25, -0.2) is 4.98 Å². The van der Waals surface area contributed by atoms with Crippen LogP contribution in [0.15, 0.2) is 41.1 Å². The van der Waals surface area contributed by atoms with Crippen LogP contribution in [0.3, 0.4) is 0 Å². The van der Waals surface area contributed by atoms with Crippen molar-refractivity contribution >= 4 is 33.4 Å². The second kappa shape index (κ2) is 8.20. The number of rotatable bonds is 3. The van der Waals surface area contributed by atoms with E-state index in [0.717, 1.165) is 47.5 Å². The Labute approximate surface area is 189 Å². The van der Waals surface area contributed by atoms with Crippen LogP contribution in [-0.2, 0) is 14.9 Å². The monoisotopic (exact) mass is 484 g/mol. The summed E-state index contributed by atoms with van der Waals surface area (Å²) >= 11 is 3.51. The standard InChI is InChI=1S/C22H25BrN6O2/c1-16-14-19(29-21(26-16)24-15-25-29)27-8-10-28(11-9-27)20(30)22(6-12-31-13-7-22)17-2-4-18(23)5-3-17/h2-5,14-15H,6-13H2,1H3. The maximum atomic E-state index is 13.8. The first kappa shape index (κ1) is 20.4. The molecule has 2 aliphatic rings. The van der Waals surface area contributed by atoms with Gasteiger partial charge in [0.05, 0.1) is 5.41 Å². The van der Waals surface area contributed by atoms with Crippen molar-refractivity contribution < 1.29 is 9.53 Å². The lowest BCUT2D eigenvalue weighted by molar-refractivity contribution is -0.141. The van der Waals surface area contributed by atoms with Crippen LogP contribution < -0.4 is 4.90 Å². The molecule has 9 heteroatoms. The molecule has 0 N–H and O–H groups in total. The summed E-state index contributed by atoms with van der Waals surface area (Å²) in [7, 11) is 0. The molecule has 5 rings (SSSR count). The Morgan fingerprint density at radius 1 is 1.10 bits per heavy atom. The number of amides is 1. The molecule has 2 saturated heterocycles. The molecule has 0 radical (unpaired) electrons. The fourth-order valence-corrected chi connectivity index (χ4v) is 4.96. The van der Waals surface area contributed by atoms with Gasteiger partial charge in [-0.2, -0.15) is 14.6 Å². The molecule has 1 aromatic carbocycles. The molecule has 2 aromatic heterocycles. The minimum Gasteiger partial charge on any atom is -0.381 e. The van der Waals surface area contributed by atoms with Gasteiger partial charge in [0.15, 0.2) is 0 Å². The van der Waals surface area contributed by atoms with Gasteiger partial charge in [0, 0.05) is 55.6 Å². The lowest BCUT2D eigenvalue weighted by atomic mass is 9.73. The van der Waals surface area contributed by atoms with E-state index < -0.39 is 5.41 Å². The largest absolute Gasteiger partial charge is 0.381 e. The Morgan fingerprint density at radius 3 is 2.52 bits per heavy atom. The van der Waals surface area contributed by atoms with E-state index in [0.29, 0.717) is 32.1 Å². The summed E-state index contributed by atoms with van der Waals surface area (Å²) in [6.07, 6.45) is 2.96. The number of nitrogens with zero attached hydrogens (tertiary/aromatic N) is 6. The van der Waals surface area contributed by atoms with Crippen molar-refractivity contribution in [3.05, 3.63) is 52.4 Å². The highest BCUT2D eigenvalue weighted by molar-refractivity contribution is 9.10. The van der Waals surface area contributed by atoms with Crippen LogP contribution >= 0.6 is 15.9 Å². The first-order valence-electron chi connectivity index (χ1n) is 10.6. The highest BCUT2D eigenvalue weighted by Gasteiger charge is 2.44. The molecule has 4 heterocycles. The number of ether oxygens (including phenoxy) is 1. The number of benzene rings is 1. The maximum absolute atomic E-state index is 13.8. The highest BCUT2D eigenvalue weighted by Crippen LogP contribution is 2.37. The molecular weight excluding hydrogens is 460 g/mol. The fourth-order valence-electron chi connectivity index (χ4n) is 4.69. The van der Waals surface area contributed by atoms with E-state index in [2.05, 4.69) is 48.0 Å². The molecular formula is C22H25BrN6O2. The molecule has 31 heavy (non-hydrogen) atoms. The number of aryl methyl sites for hydroxylation is 1. The lowest BCUT2D eigenvalue weighted by Gasteiger charge is -2.43. The summed E-state index contributed by atoms with van der Waals surface area (Å²) in [6.45, 7) is 6.04. The molecule has 3 aromatic rings. The average molecular weight is 485 g/mol. The number of carbonyl (C=O) groups is 1. The van der Waals surface area contributed by atoms with Crippen LogP contribution in [0, 0.1) is 6.92 Å². The summed E-state index contributed by atoms with van der Waals surface area (Å²) in [4.78, 5) is 26.8. The topological polar surface area (TPSA) is 75.9 Å². The number of piperazine rings is 1. The lowest BCUT2D eigenvalue weighted by Crippen LogP contribution is -2.56. The molecule has 0 unspecified atom stereocenters. The predicted molar refractivity (Wildman–Crippen MR) is 120 cm³/mol. The zero-order valence-electron chi connectivity index (χ0n) is 17.5. The predicted octanol–water partition coefficient (Wildman–Crippen LogP) is 2.59. The van der Waals surface area contributed by atoms with Gasteiger partial charge < -0.3 is 14.5 Å². The minimum atomic E-state index is -0.506. The van der Waals surface area contributed by atoms with Crippen LogP contribution in [0.1, 0.15) is 24.1 Å². The summed E-state index contributed by atoms with van der Waals surface area (Å²) in [5.74, 6) is 1.79. The molecule has 1 amide bonds. The maximum Gasteiger partial charge on any atom is 0.254 e. The molecule has 0 saturated carbocycles. The normalized spacial score (nSPS) is 19.0. The third kappa shape index (κ3) is 3.70. The molecule has 2 fully saturated rings. The number of hydrogen-bond donors (Lipinski definition) is 0. The van der Waals surface area contributed by atoms with Crippen LogP contribution in [0.2, 0.25) is 0 Å². The Balaban J connectivity index is 1.37. The molecule has 2 aliphatic heterocycles. The van der Waals surface area contributed by atoms with E-state index in [1.54, 1.807) is 4.52 Å². The number of aromatic nitrogens is 4. The van der Waals surface area contributed by atoms with Crippen molar-refractivity contribution in [3.8, 4) is 0 Å². The van der Waals surface area contributed by atoms with E-state index >= 15 is 0 Å². The Hall–Kier alpha value is -2.52.